The molecule has 2 amide bonds. The maximum absolute atomic E-state index is 12.9. The summed E-state index contributed by atoms with van der Waals surface area (Å²) in [6, 6.07) is 16.4. The van der Waals surface area contributed by atoms with Crippen molar-refractivity contribution in [2.24, 2.45) is 11.8 Å². The second-order valence-electron chi connectivity index (χ2n) is 10.6. The maximum atomic E-state index is 12.9. The molecular weight excluding hydrogens is 494 g/mol. The first-order valence-corrected chi connectivity index (χ1v) is 13.5. The number of nitro benzene ring substituents is 1. The summed E-state index contributed by atoms with van der Waals surface area (Å²) >= 11 is 0. The molecule has 0 unspecified atom stereocenters. The summed E-state index contributed by atoms with van der Waals surface area (Å²) < 4.78 is 0. The van der Waals surface area contributed by atoms with Crippen LogP contribution in [0.5, 0.6) is 0 Å². The molecule has 0 spiro atoms. The molecule has 1 aliphatic carbocycles. The number of nitrogens with one attached hydrogen (secondary N) is 2. The lowest BCUT2D eigenvalue weighted by molar-refractivity contribution is -0.384. The Morgan fingerprint density at radius 2 is 1.77 bits per heavy atom. The van der Waals surface area contributed by atoms with E-state index in [1.54, 1.807) is 24.3 Å². The number of carbonyl (C=O) groups excluding carboxylic acids is 2. The van der Waals surface area contributed by atoms with Gasteiger partial charge in [0, 0.05) is 36.8 Å². The molecule has 0 radical (unpaired) electrons. The van der Waals surface area contributed by atoms with E-state index in [4.69, 9.17) is 0 Å². The van der Waals surface area contributed by atoms with Crippen molar-refractivity contribution in [2.75, 3.05) is 25.0 Å². The molecule has 39 heavy (non-hydrogen) atoms. The molecule has 2 aromatic carbocycles. The molecular formula is C30H33N5O4. The van der Waals surface area contributed by atoms with Crippen LogP contribution in [-0.2, 0) is 11.3 Å². The number of likely N-dealkylation sites (tertiary alicyclic amines) is 1. The number of carbonyl (C=O) groups is 2. The number of aryl methyl sites for hydroxylation is 1. The number of hydrogen-bond donors (Lipinski definition) is 2. The van der Waals surface area contributed by atoms with Gasteiger partial charge >= 0.3 is 0 Å². The number of benzene rings is 2. The predicted octanol–water partition coefficient (Wildman–Crippen LogP) is 4.96. The van der Waals surface area contributed by atoms with Crippen molar-refractivity contribution in [3.63, 3.8) is 0 Å². The van der Waals surface area contributed by atoms with Crippen LogP contribution in [0.3, 0.4) is 0 Å². The SMILES string of the molecule is Cc1ccc(CN2CCC(CNC(=O)c3ccc(-c4ccnc(NC(=O)C5CC5)c4)c([N+](=O)[O-])c3)CC2)cc1. The van der Waals surface area contributed by atoms with Crippen LogP contribution in [0.25, 0.3) is 11.1 Å². The Morgan fingerprint density at radius 3 is 2.46 bits per heavy atom. The Morgan fingerprint density at radius 1 is 1.03 bits per heavy atom. The fourth-order valence-corrected chi connectivity index (χ4v) is 4.95. The van der Waals surface area contributed by atoms with Gasteiger partial charge in [-0.25, -0.2) is 4.98 Å². The smallest absolute Gasteiger partial charge is 0.277 e. The van der Waals surface area contributed by atoms with Crippen molar-refractivity contribution < 1.29 is 14.5 Å². The minimum Gasteiger partial charge on any atom is -0.352 e. The van der Waals surface area contributed by atoms with Crippen LogP contribution in [0.1, 0.15) is 47.2 Å². The molecule has 2 aliphatic rings. The third-order valence-corrected chi connectivity index (χ3v) is 7.51. The third kappa shape index (κ3) is 6.86. The van der Waals surface area contributed by atoms with E-state index >= 15 is 0 Å². The van der Waals surface area contributed by atoms with Crippen LogP contribution < -0.4 is 10.6 Å². The summed E-state index contributed by atoms with van der Waals surface area (Å²) in [6.07, 6.45) is 5.23. The number of pyridine rings is 1. The largest absolute Gasteiger partial charge is 0.352 e. The number of amides is 2. The molecule has 202 valence electrons. The van der Waals surface area contributed by atoms with Gasteiger partial charge in [-0.15, -0.1) is 0 Å². The molecule has 1 aliphatic heterocycles. The molecule has 0 bridgehead atoms. The number of nitrogens with zero attached hydrogens (tertiary/aromatic N) is 3. The van der Waals surface area contributed by atoms with E-state index in [2.05, 4.69) is 51.7 Å². The highest BCUT2D eigenvalue weighted by molar-refractivity contribution is 5.96. The van der Waals surface area contributed by atoms with Gasteiger partial charge < -0.3 is 10.6 Å². The summed E-state index contributed by atoms with van der Waals surface area (Å²) in [7, 11) is 0. The summed E-state index contributed by atoms with van der Waals surface area (Å²) in [6.45, 7) is 5.51. The molecule has 5 rings (SSSR count). The zero-order valence-corrected chi connectivity index (χ0v) is 22.1. The number of rotatable bonds is 9. The van der Waals surface area contributed by atoms with Crippen LogP contribution in [0.2, 0.25) is 0 Å². The average molecular weight is 528 g/mol. The van der Waals surface area contributed by atoms with E-state index < -0.39 is 4.92 Å². The van der Waals surface area contributed by atoms with Crippen LogP contribution in [0, 0.1) is 28.9 Å². The zero-order chi connectivity index (χ0) is 27.4. The lowest BCUT2D eigenvalue weighted by Crippen LogP contribution is -2.38. The van der Waals surface area contributed by atoms with E-state index in [0.29, 0.717) is 29.4 Å². The fraction of sp³-hybridized carbons (Fsp3) is 0.367. The van der Waals surface area contributed by atoms with Gasteiger partial charge in [0.15, 0.2) is 0 Å². The van der Waals surface area contributed by atoms with Crippen LogP contribution in [-0.4, -0.2) is 46.3 Å². The lowest BCUT2D eigenvalue weighted by Gasteiger charge is -2.32. The molecule has 1 aromatic heterocycles. The van der Waals surface area contributed by atoms with Gasteiger partial charge in [0.25, 0.3) is 11.6 Å². The summed E-state index contributed by atoms with van der Waals surface area (Å²) in [5.74, 6) is 0.342. The van der Waals surface area contributed by atoms with E-state index in [9.17, 15) is 19.7 Å². The minimum absolute atomic E-state index is 0.0220. The van der Waals surface area contributed by atoms with Crippen LogP contribution in [0.15, 0.2) is 60.8 Å². The molecule has 3 aromatic rings. The molecule has 0 atom stereocenters. The average Bonchev–Trinajstić information content (AvgIpc) is 3.79. The van der Waals surface area contributed by atoms with Crippen molar-refractivity contribution in [3.05, 3.63) is 87.6 Å². The number of aromatic nitrogens is 1. The van der Waals surface area contributed by atoms with Gasteiger partial charge in [-0.05, 0) is 87.0 Å². The minimum atomic E-state index is -0.487. The first kappa shape index (κ1) is 26.5. The van der Waals surface area contributed by atoms with Crippen molar-refractivity contribution in [1.29, 1.82) is 0 Å². The lowest BCUT2D eigenvalue weighted by atomic mass is 9.96. The molecule has 2 fully saturated rings. The summed E-state index contributed by atoms with van der Waals surface area (Å²) in [4.78, 5) is 43.0. The van der Waals surface area contributed by atoms with Gasteiger partial charge in [0.05, 0.1) is 10.5 Å². The van der Waals surface area contributed by atoms with Crippen molar-refractivity contribution in [3.8, 4) is 11.1 Å². The standard InChI is InChI=1S/C30H33N5O4/c1-20-2-4-22(5-3-20)19-34-14-11-21(12-15-34)18-32-29(36)25-8-9-26(27(16-25)35(38)39)24-10-13-31-28(17-24)33-30(37)23-6-7-23/h2-5,8-10,13,16-17,21,23H,6-7,11-12,14-15,18-19H2,1H3,(H,32,36)(H,31,33,37). The molecule has 1 saturated heterocycles. The topological polar surface area (TPSA) is 117 Å². The van der Waals surface area contributed by atoms with Gasteiger partial charge in [-0.3, -0.25) is 24.6 Å². The highest BCUT2D eigenvalue weighted by atomic mass is 16.6. The molecule has 1 saturated carbocycles. The van der Waals surface area contributed by atoms with Crippen molar-refractivity contribution in [1.82, 2.24) is 15.2 Å². The molecule has 2 N–H and O–H groups in total. The highest BCUT2D eigenvalue weighted by Gasteiger charge is 2.30. The van der Waals surface area contributed by atoms with E-state index in [1.807, 2.05) is 0 Å². The van der Waals surface area contributed by atoms with E-state index in [1.165, 1.54) is 23.4 Å². The number of piperidine rings is 1. The van der Waals surface area contributed by atoms with Crippen LogP contribution in [0.4, 0.5) is 11.5 Å². The van der Waals surface area contributed by atoms with Crippen LogP contribution >= 0.6 is 0 Å². The van der Waals surface area contributed by atoms with Gasteiger partial charge in [0.2, 0.25) is 5.91 Å². The monoisotopic (exact) mass is 527 g/mol. The van der Waals surface area contributed by atoms with E-state index in [-0.39, 0.29) is 29.0 Å². The van der Waals surface area contributed by atoms with Crippen molar-refractivity contribution >= 4 is 23.3 Å². The Bertz CT molecular complexity index is 1360. The molecule has 9 heteroatoms. The van der Waals surface area contributed by atoms with Gasteiger partial charge in [0.1, 0.15) is 5.82 Å². The Balaban J connectivity index is 1.18. The predicted molar refractivity (Wildman–Crippen MR) is 149 cm³/mol. The second-order valence-corrected chi connectivity index (χ2v) is 10.6. The second kappa shape index (κ2) is 11.7. The fourth-order valence-electron chi connectivity index (χ4n) is 4.95. The first-order chi connectivity index (χ1) is 18.9. The maximum Gasteiger partial charge on any atom is 0.277 e. The van der Waals surface area contributed by atoms with Crippen molar-refractivity contribution in [2.45, 2.75) is 39.2 Å². The number of nitro groups is 1. The normalized spacial score (nSPS) is 16.0. The van der Waals surface area contributed by atoms with Gasteiger partial charge in [-0.1, -0.05) is 29.8 Å². The Hall–Kier alpha value is -4.11. The Labute approximate surface area is 227 Å². The zero-order valence-electron chi connectivity index (χ0n) is 22.1. The molecule has 2 heterocycles. The number of anilines is 1. The quantitative estimate of drug-likeness (QED) is 0.300. The molecule has 9 nitrogen and oxygen atoms in total. The Kier molecular flexibility index (Phi) is 7.97. The van der Waals surface area contributed by atoms with E-state index in [0.717, 1.165) is 45.3 Å². The van der Waals surface area contributed by atoms with Gasteiger partial charge in [-0.2, -0.15) is 0 Å². The third-order valence-electron chi connectivity index (χ3n) is 7.51. The summed E-state index contributed by atoms with van der Waals surface area (Å²) in [5, 5.41) is 17.6. The first-order valence-electron chi connectivity index (χ1n) is 13.5. The highest BCUT2D eigenvalue weighted by Crippen LogP contribution is 2.33. The number of hydrogen-bond acceptors (Lipinski definition) is 6. The summed E-state index contributed by atoms with van der Waals surface area (Å²) in [5.41, 5.74) is 3.56.